The Kier molecular flexibility index (Phi) is 5.21. The molecule has 1 unspecified atom stereocenters. The first-order valence-electron chi connectivity index (χ1n) is 9.56. The van der Waals surface area contributed by atoms with Crippen LogP contribution in [0.5, 0.6) is 5.75 Å². The number of allylic oxidation sites excluding steroid dienone is 1. The molecule has 0 bridgehead atoms. The lowest BCUT2D eigenvalue weighted by Crippen LogP contribution is -2.24. The predicted molar refractivity (Wildman–Crippen MR) is 101 cm³/mol. The molecule has 1 aromatic carbocycles. The first kappa shape index (κ1) is 18.0. The first-order valence-corrected chi connectivity index (χ1v) is 9.56. The summed E-state index contributed by atoms with van der Waals surface area (Å²) in [7, 11) is 0. The lowest BCUT2D eigenvalue weighted by Gasteiger charge is -2.30. The number of hydrogen-bond donors (Lipinski definition) is 1. The zero-order valence-corrected chi connectivity index (χ0v) is 15.7. The largest absolute Gasteiger partial charge is 0.493 e. The molecular weight excluding hydrogens is 312 g/mol. The zero-order valence-electron chi connectivity index (χ0n) is 15.7. The summed E-state index contributed by atoms with van der Waals surface area (Å²) in [5, 5.41) is 9.89. The van der Waals surface area contributed by atoms with Gasteiger partial charge in [0.25, 0.3) is 0 Å². The normalized spacial score (nSPS) is 19.2. The van der Waals surface area contributed by atoms with Crippen LogP contribution in [0.15, 0.2) is 23.8 Å². The summed E-state index contributed by atoms with van der Waals surface area (Å²) in [5.74, 6) is -0.0503. The fourth-order valence-corrected chi connectivity index (χ4v) is 4.16. The number of benzene rings is 1. The Morgan fingerprint density at radius 2 is 1.92 bits per heavy atom. The van der Waals surface area contributed by atoms with Crippen LogP contribution in [0.3, 0.4) is 0 Å². The van der Waals surface area contributed by atoms with E-state index < -0.39 is 5.97 Å². The maximum atomic E-state index is 12.0. The van der Waals surface area contributed by atoms with Gasteiger partial charge in [-0.25, -0.2) is 0 Å². The molecule has 1 aromatic rings. The molecule has 3 rings (SSSR count). The van der Waals surface area contributed by atoms with E-state index >= 15 is 0 Å². The molecule has 0 saturated carbocycles. The number of aliphatic carboxylic acids is 1. The van der Waals surface area contributed by atoms with Crippen LogP contribution in [0.2, 0.25) is 0 Å². The summed E-state index contributed by atoms with van der Waals surface area (Å²) in [6.45, 7) is 7.18. The molecule has 3 nitrogen and oxygen atoms in total. The summed E-state index contributed by atoms with van der Waals surface area (Å²) in [6.07, 6.45) is 6.95. The van der Waals surface area contributed by atoms with Crippen molar-refractivity contribution < 1.29 is 14.6 Å². The van der Waals surface area contributed by atoms with Gasteiger partial charge in [0.2, 0.25) is 0 Å². The number of fused-ring (bicyclic) bond motifs is 1. The van der Waals surface area contributed by atoms with Crippen molar-refractivity contribution in [1.29, 1.82) is 0 Å². The fraction of sp³-hybridized carbons (Fsp3) is 0.591. The van der Waals surface area contributed by atoms with Gasteiger partial charge in [-0.05, 0) is 79.2 Å². The number of hydrogen-bond acceptors (Lipinski definition) is 2. The molecule has 1 aliphatic carbocycles. The van der Waals surface area contributed by atoms with Gasteiger partial charge in [0.15, 0.2) is 0 Å². The Labute approximate surface area is 151 Å². The standard InChI is InChI=1S/C22H30O3/c1-22(2,3)14-19(21(23)24)18-9-5-4-8-17(18)15-10-11-20-16(13-15)7-6-12-25-20/h10-11,13,19H,4-9,12,14H2,1-3H3,(H,23,24). The van der Waals surface area contributed by atoms with E-state index in [1.165, 1.54) is 16.7 Å². The van der Waals surface area contributed by atoms with Crippen molar-refractivity contribution in [2.75, 3.05) is 6.61 Å². The number of carboxylic acid groups (broad SMARTS) is 1. The number of ether oxygens (including phenoxy) is 1. The summed E-state index contributed by atoms with van der Waals surface area (Å²) in [6, 6.07) is 6.44. The molecule has 3 heteroatoms. The molecule has 2 aliphatic rings. The molecule has 0 saturated heterocycles. The molecule has 0 aromatic heterocycles. The minimum absolute atomic E-state index is 0.00229. The SMILES string of the molecule is CC(C)(C)CC(C(=O)O)C1=C(c2ccc3c(c2)CCCO3)CCCC1. The van der Waals surface area contributed by atoms with Crippen LogP contribution in [0.1, 0.15) is 70.4 Å². The summed E-state index contributed by atoms with van der Waals surface area (Å²) < 4.78 is 5.73. The van der Waals surface area contributed by atoms with Crippen molar-refractivity contribution >= 4 is 11.5 Å². The zero-order chi connectivity index (χ0) is 18.0. The van der Waals surface area contributed by atoms with Gasteiger partial charge in [-0.1, -0.05) is 32.4 Å². The maximum absolute atomic E-state index is 12.0. The molecule has 0 fully saturated rings. The summed E-state index contributed by atoms with van der Waals surface area (Å²) in [5.41, 5.74) is 4.91. The molecular formula is C22H30O3. The van der Waals surface area contributed by atoms with Gasteiger partial charge in [-0.2, -0.15) is 0 Å². The number of rotatable bonds is 4. The van der Waals surface area contributed by atoms with Gasteiger partial charge in [-0.3, -0.25) is 4.79 Å². The molecule has 0 spiro atoms. The van der Waals surface area contributed by atoms with Crippen LogP contribution in [-0.4, -0.2) is 17.7 Å². The third kappa shape index (κ3) is 4.26. The molecule has 0 radical (unpaired) electrons. The van der Waals surface area contributed by atoms with Crippen LogP contribution in [0.25, 0.3) is 5.57 Å². The van der Waals surface area contributed by atoms with Crippen LogP contribution in [-0.2, 0) is 11.2 Å². The smallest absolute Gasteiger partial charge is 0.310 e. The number of aryl methyl sites for hydroxylation is 1. The van der Waals surface area contributed by atoms with Crippen LogP contribution >= 0.6 is 0 Å². The van der Waals surface area contributed by atoms with Crippen LogP contribution in [0.4, 0.5) is 0 Å². The third-order valence-corrected chi connectivity index (χ3v) is 5.30. The highest BCUT2D eigenvalue weighted by Gasteiger charge is 2.31. The Hall–Kier alpha value is -1.77. The van der Waals surface area contributed by atoms with E-state index in [-0.39, 0.29) is 11.3 Å². The Morgan fingerprint density at radius 1 is 1.16 bits per heavy atom. The van der Waals surface area contributed by atoms with E-state index in [0.717, 1.165) is 56.5 Å². The monoisotopic (exact) mass is 342 g/mol. The minimum atomic E-state index is -0.675. The lowest BCUT2D eigenvalue weighted by atomic mass is 9.74. The van der Waals surface area contributed by atoms with Crippen LogP contribution in [0, 0.1) is 11.3 Å². The average molecular weight is 342 g/mol. The molecule has 0 amide bonds. The second-order valence-electron chi connectivity index (χ2n) is 8.64. The van der Waals surface area contributed by atoms with E-state index in [2.05, 4.69) is 39.0 Å². The van der Waals surface area contributed by atoms with Crippen LogP contribution < -0.4 is 4.74 Å². The number of carbonyl (C=O) groups is 1. The fourth-order valence-electron chi connectivity index (χ4n) is 4.16. The Bertz CT molecular complexity index is 679. The van der Waals surface area contributed by atoms with Crippen molar-refractivity contribution in [2.24, 2.45) is 11.3 Å². The Morgan fingerprint density at radius 3 is 2.64 bits per heavy atom. The van der Waals surface area contributed by atoms with Gasteiger partial charge < -0.3 is 9.84 Å². The Balaban J connectivity index is 2.01. The number of carboxylic acids is 1. The van der Waals surface area contributed by atoms with Crippen molar-refractivity contribution in [2.45, 2.75) is 65.7 Å². The topological polar surface area (TPSA) is 46.5 Å². The molecule has 25 heavy (non-hydrogen) atoms. The highest BCUT2D eigenvalue weighted by Crippen LogP contribution is 2.41. The van der Waals surface area contributed by atoms with Gasteiger partial charge >= 0.3 is 5.97 Å². The van der Waals surface area contributed by atoms with E-state index in [4.69, 9.17) is 4.74 Å². The highest BCUT2D eigenvalue weighted by atomic mass is 16.5. The van der Waals surface area contributed by atoms with Crippen molar-refractivity contribution in [3.63, 3.8) is 0 Å². The van der Waals surface area contributed by atoms with E-state index in [1.807, 2.05) is 0 Å². The second-order valence-corrected chi connectivity index (χ2v) is 8.64. The molecule has 1 N–H and O–H groups in total. The van der Waals surface area contributed by atoms with Crippen molar-refractivity contribution in [3.05, 3.63) is 34.9 Å². The van der Waals surface area contributed by atoms with E-state index in [1.54, 1.807) is 0 Å². The maximum Gasteiger partial charge on any atom is 0.310 e. The third-order valence-electron chi connectivity index (χ3n) is 5.30. The first-order chi connectivity index (χ1) is 11.8. The second kappa shape index (κ2) is 7.23. The molecule has 136 valence electrons. The molecule has 1 heterocycles. The lowest BCUT2D eigenvalue weighted by molar-refractivity contribution is -0.141. The molecule has 1 aliphatic heterocycles. The van der Waals surface area contributed by atoms with Gasteiger partial charge in [-0.15, -0.1) is 0 Å². The van der Waals surface area contributed by atoms with Crippen molar-refractivity contribution in [1.82, 2.24) is 0 Å². The minimum Gasteiger partial charge on any atom is -0.493 e. The quantitative estimate of drug-likeness (QED) is 0.788. The predicted octanol–water partition coefficient (Wildman–Crippen LogP) is 5.48. The molecule has 1 atom stereocenters. The van der Waals surface area contributed by atoms with Crippen molar-refractivity contribution in [3.8, 4) is 5.75 Å². The summed E-state index contributed by atoms with van der Waals surface area (Å²) in [4.78, 5) is 12.0. The van der Waals surface area contributed by atoms with E-state index in [0.29, 0.717) is 6.42 Å². The van der Waals surface area contributed by atoms with Gasteiger partial charge in [0.1, 0.15) is 5.75 Å². The highest BCUT2D eigenvalue weighted by molar-refractivity contribution is 5.80. The van der Waals surface area contributed by atoms with E-state index in [9.17, 15) is 9.90 Å². The average Bonchev–Trinajstić information content (AvgIpc) is 2.58. The summed E-state index contributed by atoms with van der Waals surface area (Å²) >= 11 is 0. The van der Waals surface area contributed by atoms with Gasteiger partial charge in [0, 0.05) is 0 Å². The van der Waals surface area contributed by atoms with Gasteiger partial charge in [0.05, 0.1) is 12.5 Å².